The maximum atomic E-state index is 9.60. The van der Waals surface area contributed by atoms with Crippen LogP contribution in [0.2, 0.25) is 0 Å². The Kier molecular flexibility index (Phi) is 34.0. The molecule has 0 fully saturated rings. The fraction of sp³-hybridized carbons (Fsp3) is 0.609. The molecule has 0 spiro atoms. The van der Waals surface area contributed by atoms with Gasteiger partial charge in [0.1, 0.15) is 0 Å². The molecule has 0 aromatic carbocycles. The number of aliphatic hydroxyl groups excluding tert-OH is 4. The summed E-state index contributed by atoms with van der Waals surface area (Å²) in [6, 6.07) is 0. The molecule has 0 atom stereocenters. The molecule has 0 saturated heterocycles. The van der Waals surface area contributed by atoms with Crippen molar-refractivity contribution in [2.75, 3.05) is 26.4 Å². The van der Waals surface area contributed by atoms with Crippen molar-refractivity contribution in [3.63, 3.8) is 0 Å². The molecule has 0 aliphatic carbocycles. The molecule has 10 heteroatoms. The first-order valence-corrected chi connectivity index (χ1v) is 10.2. The van der Waals surface area contributed by atoms with E-state index in [2.05, 4.69) is 19.7 Å². The number of aliphatic carboxylic acids is 3. The summed E-state index contributed by atoms with van der Waals surface area (Å²) in [6.45, 7) is 17.7. The van der Waals surface area contributed by atoms with Crippen LogP contribution in [0.4, 0.5) is 0 Å². The van der Waals surface area contributed by atoms with Gasteiger partial charge in [-0.3, -0.25) is 0 Å². The second kappa shape index (κ2) is 27.5. The molecule has 0 saturated carbocycles. The minimum absolute atomic E-state index is 0.139. The third kappa shape index (κ3) is 37.1. The van der Waals surface area contributed by atoms with Gasteiger partial charge < -0.3 is 35.7 Å². The highest BCUT2D eigenvalue weighted by atomic mass is 16.4. The van der Waals surface area contributed by atoms with Gasteiger partial charge in [0.05, 0.1) is 19.8 Å². The van der Waals surface area contributed by atoms with E-state index in [-0.39, 0.29) is 36.5 Å². The van der Waals surface area contributed by atoms with E-state index in [1.165, 1.54) is 20.8 Å². The highest BCUT2D eigenvalue weighted by Gasteiger charge is 2.26. The van der Waals surface area contributed by atoms with Gasteiger partial charge in [-0.1, -0.05) is 46.4 Å². The lowest BCUT2D eigenvalue weighted by Gasteiger charge is -2.26. The zero-order valence-corrected chi connectivity index (χ0v) is 20.6. The summed E-state index contributed by atoms with van der Waals surface area (Å²) < 4.78 is 0. The van der Waals surface area contributed by atoms with Crippen LogP contribution in [0.25, 0.3) is 0 Å². The van der Waals surface area contributed by atoms with E-state index in [1.807, 2.05) is 13.8 Å². The molecule has 0 aromatic rings. The molecular weight excluding hydrogens is 436 g/mol. The van der Waals surface area contributed by atoms with Crippen LogP contribution in [-0.4, -0.2) is 80.1 Å². The Morgan fingerprint density at radius 2 is 0.848 bits per heavy atom. The Bertz CT molecular complexity index is 460. The maximum Gasteiger partial charge on any atom is 0.330 e. The van der Waals surface area contributed by atoms with E-state index in [4.69, 9.17) is 35.7 Å². The Morgan fingerprint density at radius 1 is 0.636 bits per heavy atom. The van der Waals surface area contributed by atoms with Crippen LogP contribution >= 0.6 is 0 Å². The maximum absolute atomic E-state index is 9.60. The summed E-state index contributed by atoms with van der Waals surface area (Å²) in [7, 11) is 0. The van der Waals surface area contributed by atoms with Gasteiger partial charge >= 0.3 is 17.9 Å². The molecule has 0 aromatic heterocycles. The lowest BCUT2D eigenvalue weighted by Crippen LogP contribution is -2.33. The normalized spacial score (nSPS) is 9.00. The van der Waals surface area contributed by atoms with Crippen LogP contribution in [0.1, 0.15) is 60.3 Å². The smallest absolute Gasteiger partial charge is 0.330 e. The second-order valence-corrected chi connectivity index (χ2v) is 7.06. The molecule has 0 heterocycles. The van der Waals surface area contributed by atoms with E-state index >= 15 is 0 Å². The molecule has 33 heavy (non-hydrogen) atoms. The summed E-state index contributed by atoms with van der Waals surface area (Å²) in [5.74, 6) is -2.81. The molecule has 0 rings (SSSR count). The highest BCUT2D eigenvalue weighted by Crippen LogP contribution is 2.22. The quantitative estimate of drug-likeness (QED) is 0.228. The van der Waals surface area contributed by atoms with Gasteiger partial charge in [-0.25, -0.2) is 14.4 Å². The van der Waals surface area contributed by atoms with Gasteiger partial charge in [-0.2, -0.15) is 0 Å². The Morgan fingerprint density at radius 3 is 0.939 bits per heavy atom. The molecular formula is C23H44O10. The van der Waals surface area contributed by atoms with Crippen LogP contribution in [0, 0.1) is 5.41 Å². The molecule has 0 amide bonds. The van der Waals surface area contributed by atoms with Crippen molar-refractivity contribution in [2.45, 2.75) is 60.3 Å². The molecule has 0 radical (unpaired) electrons. The first-order chi connectivity index (χ1) is 15.1. The number of unbranched alkanes of at least 4 members (excludes halogenated alkanes) is 1. The molecule has 0 aliphatic heterocycles. The van der Waals surface area contributed by atoms with E-state index in [0.717, 1.165) is 19.3 Å². The fourth-order valence-corrected chi connectivity index (χ4v) is 0.939. The average Bonchev–Trinajstić information content (AvgIpc) is 2.76. The van der Waals surface area contributed by atoms with Gasteiger partial charge in [0.2, 0.25) is 0 Å². The Balaban J connectivity index is -0.000000104. The van der Waals surface area contributed by atoms with Crippen molar-refractivity contribution in [2.24, 2.45) is 5.41 Å². The van der Waals surface area contributed by atoms with Gasteiger partial charge in [0, 0.05) is 28.7 Å². The zero-order chi connectivity index (χ0) is 27.6. The first kappa shape index (κ1) is 40.8. The number of hydrogen-bond donors (Lipinski definition) is 7. The van der Waals surface area contributed by atoms with Crippen molar-refractivity contribution < 1.29 is 50.1 Å². The topological polar surface area (TPSA) is 193 Å². The molecule has 0 unspecified atom stereocenters. The van der Waals surface area contributed by atoms with Crippen molar-refractivity contribution in [1.29, 1.82) is 0 Å². The fourth-order valence-electron chi connectivity index (χ4n) is 0.939. The van der Waals surface area contributed by atoms with E-state index < -0.39 is 23.3 Å². The largest absolute Gasteiger partial charge is 0.478 e. The number of carboxylic acids is 3. The predicted molar refractivity (Wildman–Crippen MR) is 128 cm³/mol. The van der Waals surface area contributed by atoms with Crippen LogP contribution in [0.3, 0.4) is 0 Å². The monoisotopic (exact) mass is 480 g/mol. The van der Waals surface area contributed by atoms with Crippen molar-refractivity contribution >= 4 is 17.9 Å². The zero-order valence-electron chi connectivity index (χ0n) is 20.6. The average molecular weight is 481 g/mol. The van der Waals surface area contributed by atoms with Crippen molar-refractivity contribution in [3.8, 4) is 0 Å². The summed E-state index contributed by atoms with van der Waals surface area (Å²) in [5.41, 5.74) is -0.129. The number of rotatable bonds is 10. The molecule has 10 nitrogen and oxygen atoms in total. The summed E-state index contributed by atoms with van der Waals surface area (Å²) in [6.07, 6.45) is 3.51. The summed E-state index contributed by atoms with van der Waals surface area (Å²) in [4.78, 5) is 28.8. The highest BCUT2D eigenvalue weighted by molar-refractivity contribution is 5.85. The number of hydrogen-bond acceptors (Lipinski definition) is 7. The number of carbonyl (C=O) groups is 3. The van der Waals surface area contributed by atoms with Gasteiger partial charge in [-0.05, 0) is 33.6 Å². The van der Waals surface area contributed by atoms with Crippen LogP contribution in [0.5, 0.6) is 0 Å². The third-order valence-corrected chi connectivity index (χ3v) is 3.39. The Labute approximate surface area is 197 Å². The molecule has 7 N–H and O–H groups in total. The van der Waals surface area contributed by atoms with E-state index in [1.54, 1.807) is 0 Å². The van der Waals surface area contributed by atoms with E-state index in [9.17, 15) is 14.4 Å². The van der Waals surface area contributed by atoms with Crippen LogP contribution < -0.4 is 0 Å². The van der Waals surface area contributed by atoms with E-state index in [0.29, 0.717) is 13.0 Å². The standard InChI is InChI=1S/C8H18O3.3C4H6O2.C3H8O/c1-2-3-4-8(5-9,6-10)7-11;3*1-3(2)4(5)6;1-2-3-4/h9-11H,2-7H2,1H3;3*1H2,2H3,(H,5,6);4H,2-3H2,1H3. The molecule has 196 valence electrons. The molecule has 0 aliphatic rings. The number of aliphatic hydroxyl groups is 4. The molecule has 0 bridgehead atoms. The Hall–Kier alpha value is -2.53. The lowest BCUT2D eigenvalue weighted by atomic mass is 9.85. The second-order valence-electron chi connectivity index (χ2n) is 7.06. The van der Waals surface area contributed by atoms with Crippen LogP contribution in [0.15, 0.2) is 36.5 Å². The minimum Gasteiger partial charge on any atom is -0.478 e. The van der Waals surface area contributed by atoms with Gasteiger partial charge in [0.15, 0.2) is 0 Å². The van der Waals surface area contributed by atoms with Crippen molar-refractivity contribution in [1.82, 2.24) is 0 Å². The predicted octanol–water partition coefficient (Wildman–Crippen LogP) is 2.47. The summed E-state index contributed by atoms with van der Waals surface area (Å²) in [5, 5.41) is 58.2. The lowest BCUT2D eigenvalue weighted by molar-refractivity contribution is -0.133. The minimum atomic E-state index is -0.935. The third-order valence-electron chi connectivity index (χ3n) is 3.39. The van der Waals surface area contributed by atoms with Crippen molar-refractivity contribution in [3.05, 3.63) is 36.5 Å². The summed E-state index contributed by atoms with van der Waals surface area (Å²) >= 11 is 0. The first-order valence-electron chi connectivity index (χ1n) is 10.2. The van der Waals surface area contributed by atoms with Crippen LogP contribution in [-0.2, 0) is 14.4 Å². The van der Waals surface area contributed by atoms with Gasteiger partial charge in [-0.15, -0.1) is 0 Å². The number of carboxylic acid groups (broad SMARTS) is 3. The van der Waals surface area contributed by atoms with Gasteiger partial charge in [0.25, 0.3) is 0 Å². The SMILES string of the molecule is C=C(C)C(=O)O.C=C(C)C(=O)O.C=C(C)C(=O)O.CCCCC(CO)(CO)CO.CCCO.